The zero-order valence-electron chi connectivity index (χ0n) is 31.7. The molecule has 1 aliphatic heterocycles. The molecule has 0 spiro atoms. The van der Waals surface area contributed by atoms with Crippen LogP contribution in [0.5, 0.6) is 34.5 Å². The predicted molar refractivity (Wildman–Crippen MR) is 235 cm³/mol. The van der Waals surface area contributed by atoms with Gasteiger partial charge in [-0.25, -0.2) is 4.98 Å². The van der Waals surface area contributed by atoms with Crippen molar-refractivity contribution in [2.75, 3.05) is 0 Å². The van der Waals surface area contributed by atoms with Crippen LogP contribution < -0.4 is 32.0 Å². The predicted octanol–water partition coefficient (Wildman–Crippen LogP) is 13.2. The fraction of sp³-hybridized carbons (Fsp3) is 0. The molecule has 0 saturated carbocycles. The van der Waals surface area contributed by atoms with Gasteiger partial charge in [0.1, 0.15) is 23.0 Å². The van der Waals surface area contributed by atoms with Crippen molar-refractivity contribution in [3.63, 3.8) is 0 Å². The molecule has 4 heterocycles. The van der Waals surface area contributed by atoms with Gasteiger partial charge in [0.2, 0.25) is 0 Å². The van der Waals surface area contributed by atoms with Gasteiger partial charge in [0.15, 0.2) is 11.5 Å². The maximum Gasteiger partial charge on any atom is 0.634 e. The minimum absolute atomic E-state index is 0.323. The van der Waals surface area contributed by atoms with E-state index in [1.54, 1.807) is 48.8 Å². The smallest absolute Gasteiger partial charge is 0.417 e. The van der Waals surface area contributed by atoms with Crippen LogP contribution in [0.2, 0.25) is 0 Å². The molecule has 9 rings (SSSR count). The lowest BCUT2D eigenvalue weighted by molar-refractivity contribution is 0.425. The Hall–Kier alpha value is -6.80. The summed E-state index contributed by atoms with van der Waals surface area (Å²) in [7, 11) is -12.0. The molecule has 296 valence electrons. The summed E-state index contributed by atoms with van der Waals surface area (Å²) in [5.41, 5.74) is 2.28. The summed E-state index contributed by atoms with van der Waals surface area (Å²) in [5, 5.41) is 0. The molecule has 0 radical (unpaired) electrons. The molecule has 60 heavy (non-hydrogen) atoms. The van der Waals surface area contributed by atoms with E-state index in [2.05, 4.69) is 14.8 Å². The topological polar surface area (TPSA) is 131 Å². The van der Waals surface area contributed by atoms with Crippen LogP contribution in [0, 0.1) is 0 Å². The summed E-state index contributed by atoms with van der Waals surface area (Å²) in [6, 6.07) is 60.9. The third-order valence-electron chi connectivity index (χ3n) is 8.45. The van der Waals surface area contributed by atoms with Crippen LogP contribution in [-0.4, -0.2) is 15.0 Å². The van der Waals surface area contributed by atoms with Gasteiger partial charge in [0.05, 0.1) is 31.8 Å². The number of aromatic nitrogens is 3. The molecule has 1 atom stereocenters. The van der Waals surface area contributed by atoms with E-state index in [0.717, 1.165) is 0 Å². The molecule has 0 unspecified atom stereocenters. The van der Waals surface area contributed by atoms with Crippen LogP contribution >= 0.6 is 23.3 Å². The Morgan fingerprint density at radius 1 is 0.350 bits per heavy atom. The highest BCUT2D eigenvalue weighted by molar-refractivity contribution is 7.84. The molecular weight excluding hydrogens is 813 g/mol. The van der Waals surface area contributed by atoms with Crippen LogP contribution in [0.3, 0.4) is 0 Å². The van der Waals surface area contributed by atoms with Gasteiger partial charge in [-0.3, -0.25) is 19.0 Å². The molecule has 0 fully saturated rings. The summed E-state index contributed by atoms with van der Waals surface area (Å²) >= 11 is 0. The van der Waals surface area contributed by atoms with E-state index in [-0.39, 0.29) is 0 Å². The molecule has 1 aliphatic rings. The lowest BCUT2D eigenvalue weighted by Gasteiger charge is -2.34. The van der Waals surface area contributed by atoms with Crippen LogP contribution in [0.15, 0.2) is 222 Å². The molecule has 5 aromatic carbocycles. The molecule has 0 amide bonds. The summed E-state index contributed by atoms with van der Waals surface area (Å²) in [5.74, 6) is 2.53. The van der Waals surface area contributed by atoms with Crippen LogP contribution in [0.1, 0.15) is 0 Å². The minimum Gasteiger partial charge on any atom is -0.417 e. The highest BCUT2D eigenvalue weighted by Gasteiger charge is 2.63. The van der Waals surface area contributed by atoms with Crippen LogP contribution in [0.4, 0.5) is 0 Å². The van der Waals surface area contributed by atoms with E-state index < -0.39 is 23.3 Å². The average molecular weight is 850 g/mol. The minimum atomic E-state index is -4.04. The Kier molecular flexibility index (Phi) is 11.3. The number of benzene rings is 5. The summed E-state index contributed by atoms with van der Waals surface area (Å²) in [6.07, 6.45) is 3.41. The molecule has 0 saturated heterocycles. The first kappa shape index (κ1) is 38.7. The number of pyridine rings is 3. The number of hydrogen-bond acceptors (Lipinski definition) is 12. The number of hydrogen-bond donors (Lipinski definition) is 1. The second kappa shape index (κ2) is 17.6. The van der Waals surface area contributed by atoms with E-state index in [9.17, 15) is 0 Å². The fourth-order valence-electron chi connectivity index (χ4n) is 5.90. The number of para-hydroxylation sites is 5. The molecule has 15 heteroatoms. The Balaban J connectivity index is 1.32. The molecular formula is C45H36N6O6P3+. The molecule has 0 bridgehead atoms. The molecule has 3 aromatic heterocycles. The maximum atomic E-state index is 7.22. The van der Waals surface area contributed by atoms with Crippen LogP contribution in [-0.2, 0) is 0 Å². The number of rotatable bonds is 14. The monoisotopic (exact) mass is 849 g/mol. The van der Waals surface area contributed by atoms with Crippen molar-refractivity contribution in [3.05, 3.63) is 213 Å². The molecule has 12 nitrogen and oxygen atoms in total. The summed E-state index contributed by atoms with van der Waals surface area (Å²) in [6.45, 7) is 0. The van der Waals surface area contributed by atoms with Gasteiger partial charge >= 0.3 is 23.3 Å². The van der Waals surface area contributed by atoms with Gasteiger partial charge in [-0.05, 0) is 84.9 Å². The molecule has 0 aliphatic carbocycles. The van der Waals surface area contributed by atoms with Gasteiger partial charge in [-0.2, -0.15) is 0 Å². The first-order valence-corrected chi connectivity index (χ1v) is 23.4. The molecule has 8 aromatic rings. The average Bonchev–Trinajstić information content (AvgIpc) is 3.28. The van der Waals surface area contributed by atoms with Gasteiger partial charge in [0.25, 0.3) is 0 Å². The second-order valence-electron chi connectivity index (χ2n) is 12.9. The van der Waals surface area contributed by atoms with E-state index in [1.165, 1.54) is 0 Å². The normalized spacial score (nSPS) is 16.2. The lowest BCUT2D eigenvalue weighted by atomic mass is 10.2. The Morgan fingerprint density at radius 2 is 0.683 bits per heavy atom. The second-order valence-corrected chi connectivity index (χ2v) is 19.3. The standard InChI is InChI=1S/C45H36N6O6P3/c1-6-20-36(21-7-1)52-58(53-37-22-8-2-9-23-37)49-59(54-38-24-10-3-11-25-38,55-39-26-12-4-13-27-39)51-60(50-58,56-40-28-14-5-15-29-40)57-41-34-44(42-30-16-18-32-46-42)48-45(35-41)43-31-17-19-33-47-43/h1-35,50H/q+1/t60-/m1/s1. The van der Waals surface area contributed by atoms with Gasteiger partial charge in [-0.15, -0.1) is 4.86 Å². The van der Waals surface area contributed by atoms with E-state index >= 15 is 0 Å². The number of nitrogens with zero attached hydrogens (tertiary/aromatic N) is 5. The number of nitrogens with one attached hydrogen (secondary N) is 1. The fourth-order valence-corrected chi connectivity index (χ4v) is 15.4. The SMILES string of the molecule is c1ccc(OP2(Oc3ccccc3)=N[P+](Oc3ccccc3)(Oc3ccccc3)N=[P@](Oc3ccccc3)(Oc3cc(-c4ccccn4)nc(-c4ccccn4)c3)N2)cc1. The Morgan fingerprint density at radius 3 is 1.03 bits per heavy atom. The highest BCUT2D eigenvalue weighted by atomic mass is 31.3. The first-order chi connectivity index (χ1) is 29.5. The van der Waals surface area contributed by atoms with Crippen molar-refractivity contribution in [3.8, 4) is 57.3 Å². The van der Waals surface area contributed by atoms with Gasteiger partial charge < -0.3 is 18.1 Å². The zero-order chi connectivity index (χ0) is 40.5. The quantitative estimate of drug-likeness (QED) is 0.106. The summed E-state index contributed by atoms with van der Waals surface area (Å²) < 4.78 is 52.7. The first-order valence-electron chi connectivity index (χ1n) is 18.8. The van der Waals surface area contributed by atoms with Crippen molar-refractivity contribution in [2.24, 2.45) is 9.03 Å². The van der Waals surface area contributed by atoms with Crippen molar-refractivity contribution < 1.29 is 27.1 Å². The third kappa shape index (κ3) is 9.39. The van der Waals surface area contributed by atoms with Crippen molar-refractivity contribution in [1.29, 1.82) is 0 Å². The van der Waals surface area contributed by atoms with E-state index in [0.29, 0.717) is 57.3 Å². The maximum absolute atomic E-state index is 7.22. The van der Waals surface area contributed by atoms with Crippen LogP contribution in [0.25, 0.3) is 22.8 Å². The lowest BCUT2D eigenvalue weighted by Crippen LogP contribution is -2.26. The van der Waals surface area contributed by atoms with Gasteiger partial charge in [0, 0.05) is 24.5 Å². The van der Waals surface area contributed by atoms with Crippen molar-refractivity contribution >= 4 is 23.3 Å². The summed E-state index contributed by atoms with van der Waals surface area (Å²) in [4.78, 5) is 17.7. The third-order valence-corrected chi connectivity index (χ3v) is 16.9. The highest BCUT2D eigenvalue weighted by Crippen LogP contribution is 2.80. The largest absolute Gasteiger partial charge is 0.634 e. The Labute approximate surface area is 348 Å². The van der Waals surface area contributed by atoms with Gasteiger partial charge in [-0.1, -0.05) is 103 Å². The molecule has 1 N–H and O–H groups in total. The Bertz CT molecular complexity index is 2620. The van der Waals surface area contributed by atoms with Crippen molar-refractivity contribution in [1.82, 2.24) is 19.8 Å². The van der Waals surface area contributed by atoms with E-state index in [4.69, 9.17) is 41.2 Å². The zero-order valence-corrected chi connectivity index (χ0v) is 34.4. The van der Waals surface area contributed by atoms with E-state index in [1.807, 2.05) is 164 Å². The van der Waals surface area contributed by atoms with Crippen molar-refractivity contribution in [2.45, 2.75) is 0 Å².